The molecule has 23 heavy (non-hydrogen) atoms. The Morgan fingerprint density at radius 1 is 1.30 bits per heavy atom. The van der Waals surface area contributed by atoms with Crippen molar-refractivity contribution in [2.45, 2.75) is 0 Å². The molecular weight excluding hydrogens is 370 g/mol. The van der Waals surface area contributed by atoms with Gasteiger partial charge in [-0.15, -0.1) is 0 Å². The molecule has 1 aromatic carbocycles. The molecule has 1 N–H and O–H groups in total. The summed E-state index contributed by atoms with van der Waals surface area (Å²) in [6, 6.07) is 4.58. The summed E-state index contributed by atoms with van der Waals surface area (Å²) in [6.07, 6.45) is 1.29. The third-order valence-electron chi connectivity index (χ3n) is 3.31. The zero-order chi connectivity index (χ0) is 16.6. The average molecular weight is 382 g/mol. The van der Waals surface area contributed by atoms with E-state index in [9.17, 15) is 14.9 Å². The van der Waals surface area contributed by atoms with Crippen LogP contribution < -0.4 is 14.8 Å². The normalized spacial score (nSPS) is 12.8. The maximum Gasteiger partial charge on any atom is 0.287 e. The van der Waals surface area contributed by atoms with Crippen LogP contribution in [-0.4, -0.2) is 28.6 Å². The molecule has 8 nitrogen and oxygen atoms in total. The van der Waals surface area contributed by atoms with Crippen molar-refractivity contribution < 1.29 is 19.2 Å². The van der Waals surface area contributed by atoms with Gasteiger partial charge in [0.05, 0.1) is 16.8 Å². The number of hydrogen-bond donors (Lipinski definition) is 1. The van der Waals surface area contributed by atoms with Gasteiger partial charge in [-0.05, 0) is 15.9 Å². The van der Waals surface area contributed by atoms with E-state index in [0.717, 1.165) is 0 Å². The van der Waals surface area contributed by atoms with Gasteiger partial charge in [0.1, 0.15) is 18.9 Å². The molecule has 0 saturated carbocycles. The van der Waals surface area contributed by atoms with E-state index in [1.165, 1.54) is 16.8 Å². The van der Waals surface area contributed by atoms with E-state index < -0.39 is 10.8 Å². The molecule has 0 fully saturated rings. The molecule has 0 unspecified atom stereocenters. The highest BCUT2D eigenvalue weighted by Gasteiger charge is 2.20. The summed E-state index contributed by atoms with van der Waals surface area (Å²) in [5, 5.41) is 13.5. The number of ether oxygens (including phenoxy) is 2. The number of carbonyl (C=O) groups excluding carboxylic acids is 1. The number of hydrogen-bond acceptors (Lipinski definition) is 5. The van der Waals surface area contributed by atoms with Crippen LogP contribution >= 0.6 is 15.9 Å². The molecule has 0 spiro atoms. The van der Waals surface area contributed by atoms with Crippen LogP contribution in [0.2, 0.25) is 0 Å². The zero-order valence-electron chi connectivity index (χ0n) is 12.0. The lowest BCUT2D eigenvalue weighted by atomic mass is 10.2. The summed E-state index contributed by atoms with van der Waals surface area (Å²) in [4.78, 5) is 22.6. The standard InChI is InChI=1S/C14H12BrN3O5/c1-17-7-8(18(20)21)4-11(17)14(19)16-10-6-13-12(5-9(10)15)22-2-3-23-13/h4-7H,2-3H2,1H3,(H,16,19). The van der Waals surface area contributed by atoms with Crippen LogP contribution in [0, 0.1) is 10.1 Å². The molecule has 0 radical (unpaired) electrons. The third kappa shape index (κ3) is 3.00. The Hall–Kier alpha value is -2.55. The first-order chi connectivity index (χ1) is 11.0. The van der Waals surface area contributed by atoms with E-state index in [-0.39, 0.29) is 11.4 Å². The molecule has 2 aromatic rings. The van der Waals surface area contributed by atoms with Gasteiger partial charge in [0, 0.05) is 29.7 Å². The van der Waals surface area contributed by atoms with E-state index >= 15 is 0 Å². The number of benzene rings is 1. The van der Waals surface area contributed by atoms with Crippen LogP contribution in [-0.2, 0) is 7.05 Å². The van der Waals surface area contributed by atoms with Gasteiger partial charge in [-0.2, -0.15) is 0 Å². The van der Waals surface area contributed by atoms with Gasteiger partial charge >= 0.3 is 0 Å². The number of aryl methyl sites for hydroxylation is 1. The molecule has 0 aliphatic carbocycles. The molecule has 120 valence electrons. The molecule has 3 rings (SSSR count). The minimum absolute atomic E-state index is 0.140. The van der Waals surface area contributed by atoms with Gasteiger partial charge in [-0.3, -0.25) is 14.9 Å². The van der Waals surface area contributed by atoms with Gasteiger partial charge < -0.3 is 19.4 Å². The molecule has 1 amide bonds. The highest BCUT2D eigenvalue weighted by molar-refractivity contribution is 9.10. The highest BCUT2D eigenvalue weighted by atomic mass is 79.9. The van der Waals surface area contributed by atoms with Crippen molar-refractivity contribution in [1.82, 2.24) is 4.57 Å². The topological polar surface area (TPSA) is 95.6 Å². The highest BCUT2D eigenvalue weighted by Crippen LogP contribution is 2.38. The van der Waals surface area contributed by atoms with E-state index in [2.05, 4.69) is 21.2 Å². The first-order valence-electron chi connectivity index (χ1n) is 6.67. The molecule has 2 heterocycles. The molecule has 1 aromatic heterocycles. The van der Waals surface area contributed by atoms with Crippen molar-refractivity contribution >= 4 is 33.2 Å². The van der Waals surface area contributed by atoms with Gasteiger partial charge in [-0.1, -0.05) is 0 Å². The van der Waals surface area contributed by atoms with Gasteiger partial charge in [-0.25, -0.2) is 0 Å². The smallest absolute Gasteiger partial charge is 0.287 e. The second-order valence-corrected chi connectivity index (χ2v) is 5.74. The van der Waals surface area contributed by atoms with Crippen molar-refractivity contribution in [1.29, 1.82) is 0 Å². The van der Waals surface area contributed by atoms with Gasteiger partial charge in [0.15, 0.2) is 11.5 Å². The van der Waals surface area contributed by atoms with Crippen LogP contribution in [0.4, 0.5) is 11.4 Å². The fourth-order valence-corrected chi connectivity index (χ4v) is 2.64. The van der Waals surface area contributed by atoms with Crippen molar-refractivity contribution in [3.63, 3.8) is 0 Å². The quantitative estimate of drug-likeness (QED) is 0.651. The van der Waals surface area contributed by atoms with E-state index in [4.69, 9.17) is 9.47 Å². The predicted octanol–water partition coefficient (Wildman–Crippen LogP) is 2.72. The van der Waals surface area contributed by atoms with Crippen LogP contribution in [0.25, 0.3) is 0 Å². The van der Waals surface area contributed by atoms with Gasteiger partial charge in [0.25, 0.3) is 11.6 Å². The van der Waals surface area contributed by atoms with Crippen LogP contribution in [0.3, 0.4) is 0 Å². The molecule has 1 aliphatic rings. The Labute approximate surface area is 139 Å². The monoisotopic (exact) mass is 381 g/mol. The molecule has 0 saturated heterocycles. The largest absolute Gasteiger partial charge is 0.486 e. The number of halogens is 1. The Morgan fingerprint density at radius 3 is 2.57 bits per heavy atom. The predicted molar refractivity (Wildman–Crippen MR) is 85.2 cm³/mol. The Bertz CT molecular complexity index is 802. The van der Waals surface area contributed by atoms with Crippen molar-refractivity contribution in [3.05, 3.63) is 44.7 Å². The number of carbonyl (C=O) groups is 1. The minimum atomic E-state index is -0.545. The number of nitrogens with zero attached hydrogens (tertiary/aromatic N) is 2. The Morgan fingerprint density at radius 2 is 1.96 bits per heavy atom. The first-order valence-corrected chi connectivity index (χ1v) is 7.46. The lowest BCUT2D eigenvalue weighted by Gasteiger charge is -2.20. The van der Waals surface area contributed by atoms with E-state index in [1.54, 1.807) is 19.2 Å². The number of nitro groups is 1. The van der Waals surface area contributed by atoms with Crippen LogP contribution in [0.15, 0.2) is 28.9 Å². The lowest BCUT2D eigenvalue weighted by Crippen LogP contribution is -2.18. The molecule has 0 atom stereocenters. The van der Waals surface area contributed by atoms with Crippen molar-refractivity contribution in [3.8, 4) is 11.5 Å². The molecule has 9 heteroatoms. The van der Waals surface area contributed by atoms with Crippen LogP contribution in [0.5, 0.6) is 11.5 Å². The molecule has 0 bridgehead atoms. The van der Waals surface area contributed by atoms with Crippen molar-refractivity contribution in [2.75, 3.05) is 18.5 Å². The third-order valence-corrected chi connectivity index (χ3v) is 3.97. The summed E-state index contributed by atoms with van der Waals surface area (Å²) in [5.41, 5.74) is 0.528. The number of aromatic nitrogens is 1. The maximum absolute atomic E-state index is 12.3. The van der Waals surface area contributed by atoms with E-state index in [0.29, 0.717) is 34.9 Å². The molecule has 1 aliphatic heterocycles. The summed E-state index contributed by atoms with van der Waals surface area (Å²) in [6.45, 7) is 0.907. The van der Waals surface area contributed by atoms with Crippen LogP contribution in [0.1, 0.15) is 10.5 Å². The Kier molecular flexibility index (Phi) is 3.95. The number of rotatable bonds is 3. The fraction of sp³-hybridized carbons (Fsp3) is 0.214. The van der Waals surface area contributed by atoms with E-state index in [1.807, 2.05) is 0 Å². The minimum Gasteiger partial charge on any atom is -0.486 e. The summed E-state index contributed by atoms with van der Waals surface area (Å²) in [5.74, 6) is 0.668. The lowest BCUT2D eigenvalue weighted by molar-refractivity contribution is -0.384. The first kappa shape index (κ1) is 15.3. The number of nitrogens with one attached hydrogen (secondary N) is 1. The molecular formula is C14H12BrN3O5. The van der Waals surface area contributed by atoms with Gasteiger partial charge in [0.2, 0.25) is 0 Å². The second-order valence-electron chi connectivity index (χ2n) is 4.88. The Balaban J connectivity index is 1.87. The number of amides is 1. The SMILES string of the molecule is Cn1cc([N+](=O)[O-])cc1C(=O)Nc1cc2c(cc1Br)OCCO2. The maximum atomic E-state index is 12.3. The number of fused-ring (bicyclic) bond motifs is 1. The number of anilines is 1. The fourth-order valence-electron chi connectivity index (χ4n) is 2.22. The summed E-state index contributed by atoms with van der Waals surface area (Å²) < 4.78 is 13.0. The zero-order valence-corrected chi connectivity index (χ0v) is 13.6. The second kappa shape index (κ2) is 5.92. The van der Waals surface area contributed by atoms with Crippen molar-refractivity contribution in [2.24, 2.45) is 7.05 Å². The summed E-state index contributed by atoms with van der Waals surface area (Å²) >= 11 is 3.36. The summed E-state index contributed by atoms with van der Waals surface area (Å²) in [7, 11) is 1.57. The average Bonchev–Trinajstić information content (AvgIpc) is 2.90.